The van der Waals surface area contributed by atoms with Crippen molar-refractivity contribution in [3.8, 4) is 0 Å². The van der Waals surface area contributed by atoms with E-state index in [2.05, 4.69) is 22.0 Å². The highest BCUT2D eigenvalue weighted by molar-refractivity contribution is 5.96. The minimum absolute atomic E-state index is 0.302. The maximum atomic E-state index is 13.2. The van der Waals surface area contributed by atoms with Crippen molar-refractivity contribution in [2.24, 2.45) is 5.92 Å². The molecular formula is C22H26F3N5O. The van der Waals surface area contributed by atoms with Gasteiger partial charge in [0, 0.05) is 39.3 Å². The number of aromatic nitrogens is 2. The predicted octanol–water partition coefficient (Wildman–Crippen LogP) is 3.69. The third-order valence-electron chi connectivity index (χ3n) is 6.10. The molecule has 1 amide bonds. The van der Waals surface area contributed by atoms with Crippen LogP contribution >= 0.6 is 0 Å². The Morgan fingerprint density at radius 3 is 1.97 bits per heavy atom. The monoisotopic (exact) mass is 433 g/mol. The van der Waals surface area contributed by atoms with Crippen molar-refractivity contribution in [1.82, 2.24) is 15.1 Å². The number of hydrogen-bond acceptors (Lipinski definition) is 5. The fourth-order valence-electron chi connectivity index (χ4n) is 4.12. The Labute approximate surface area is 179 Å². The van der Waals surface area contributed by atoms with Crippen molar-refractivity contribution >= 4 is 17.5 Å². The second kappa shape index (κ2) is 8.72. The molecular weight excluding hydrogens is 407 g/mol. The third-order valence-corrected chi connectivity index (χ3v) is 6.10. The zero-order valence-corrected chi connectivity index (χ0v) is 17.5. The maximum Gasteiger partial charge on any atom is 0.417 e. The first kappa shape index (κ1) is 21.4. The summed E-state index contributed by atoms with van der Waals surface area (Å²) < 4.78 is 39.7. The van der Waals surface area contributed by atoms with Gasteiger partial charge in [-0.25, -0.2) is 0 Å². The predicted molar refractivity (Wildman–Crippen MR) is 112 cm³/mol. The number of hydrogen-bond donors (Lipinski definition) is 0. The molecule has 0 radical (unpaired) electrons. The van der Waals surface area contributed by atoms with Crippen LogP contribution in [0.2, 0.25) is 0 Å². The van der Waals surface area contributed by atoms with Crippen LogP contribution in [0, 0.1) is 5.92 Å². The first-order chi connectivity index (χ1) is 14.8. The Hall–Kier alpha value is -2.84. The molecule has 0 bridgehead atoms. The second-order valence-corrected chi connectivity index (χ2v) is 8.24. The molecule has 3 heterocycles. The molecule has 0 aliphatic carbocycles. The molecule has 166 valence electrons. The van der Waals surface area contributed by atoms with Crippen molar-refractivity contribution < 1.29 is 18.0 Å². The van der Waals surface area contributed by atoms with Gasteiger partial charge >= 0.3 is 6.18 Å². The van der Waals surface area contributed by atoms with Gasteiger partial charge in [0.1, 0.15) is 0 Å². The van der Waals surface area contributed by atoms with Crippen molar-refractivity contribution in [2.75, 3.05) is 49.1 Å². The molecule has 4 rings (SSSR count). The standard InChI is InChI=1S/C22H26F3N5O/c1-16-8-10-28(11-9-16)19-6-7-20(27-26-19)29-12-14-30(15-13-29)21(31)17-4-2-3-5-18(17)22(23,24)25/h2-7,16H,8-15H2,1H3. The number of amides is 1. The molecule has 2 aromatic rings. The van der Waals surface area contributed by atoms with E-state index in [1.54, 1.807) is 0 Å². The van der Waals surface area contributed by atoms with Gasteiger partial charge < -0.3 is 14.7 Å². The van der Waals surface area contributed by atoms with Gasteiger partial charge in [0.2, 0.25) is 0 Å². The Balaban J connectivity index is 1.37. The lowest BCUT2D eigenvalue weighted by Crippen LogP contribution is -2.49. The smallest absolute Gasteiger partial charge is 0.355 e. The molecule has 2 aliphatic rings. The topological polar surface area (TPSA) is 52.6 Å². The third kappa shape index (κ3) is 4.75. The average molecular weight is 433 g/mol. The largest absolute Gasteiger partial charge is 0.417 e. The summed E-state index contributed by atoms with van der Waals surface area (Å²) in [6, 6.07) is 8.84. The number of nitrogens with zero attached hydrogens (tertiary/aromatic N) is 5. The zero-order valence-electron chi connectivity index (χ0n) is 17.5. The first-order valence-corrected chi connectivity index (χ1v) is 10.6. The van der Waals surface area contributed by atoms with Gasteiger partial charge in [0.05, 0.1) is 11.1 Å². The molecule has 1 aromatic carbocycles. The van der Waals surface area contributed by atoms with Gasteiger partial charge in [0.25, 0.3) is 5.91 Å². The van der Waals surface area contributed by atoms with E-state index >= 15 is 0 Å². The molecule has 1 aromatic heterocycles. The maximum absolute atomic E-state index is 13.2. The van der Waals surface area contributed by atoms with Crippen LogP contribution in [0.3, 0.4) is 0 Å². The molecule has 0 spiro atoms. The molecule has 0 atom stereocenters. The van der Waals surface area contributed by atoms with Gasteiger partial charge in [-0.2, -0.15) is 13.2 Å². The van der Waals surface area contributed by atoms with Crippen LogP contribution in [0.15, 0.2) is 36.4 Å². The van der Waals surface area contributed by atoms with E-state index in [1.807, 2.05) is 17.0 Å². The highest BCUT2D eigenvalue weighted by Gasteiger charge is 2.36. The summed E-state index contributed by atoms with van der Waals surface area (Å²) in [6.07, 6.45) is -2.26. The van der Waals surface area contributed by atoms with E-state index in [-0.39, 0.29) is 5.56 Å². The van der Waals surface area contributed by atoms with Crippen LogP contribution < -0.4 is 9.80 Å². The van der Waals surface area contributed by atoms with Crippen molar-refractivity contribution in [3.63, 3.8) is 0 Å². The number of piperazine rings is 1. The number of carbonyl (C=O) groups excluding carboxylic acids is 1. The van der Waals surface area contributed by atoms with Crippen LogP contribution in [0.25, 0.3) is 0 Å². The molecule has 2 saturated heterocycles. The molecule has 0 N–H and O–H groups in total. The molecule has 6 nitrogen and oxygen atoms in total. The van der Waals surface area contributed by atoms with Crippen LogP contribution in [0.1, 0.15) is 35.7 Å². The van der Waals surface area contributed by atoms with Crippen molar-refractivity contribution in [2.45, 2.75) is 25.9 Å². The molecule has 0 saturated carbocycles. The minimum atomic E-state index is -4.56. The van der Waals surface area contributed by atoms with E-state index in [1.165, 1.54) is 23.1 Å². The summed E-state index contributed by atoms with van der Waals surface area (Å²) in [4.78, 5) is 18.4. The van der Waals surface area contributed by atoms with Gasteiger partial charge in [0.15, 0.2) is 11.6 Å². The Morgan fingerprint density at radius 1 is 0.871 bits per heavy atom. The summed E-state index contributed by atoms with van der Waals surface area (Å²) in [5, 5.41) is 8.72. The van der Waals surface area contributed by atoms with E-state index in [4.69, 9.17) is 0 Å². The molecule has 2 fully saturated rings. The van der Waals surface area contributed by atoms with E-state index in [9.17, 15) is 18.0 Å². The van der Waals surface area contributed by atoms with Crippen LogP contribution in [-0.4, -0.2) is 60.3 Å². The first-order valence-electron chi connectivity index (χ1n) is 10.6. The molecule has 9 heteroatoms. The number of piperidine rings is 1. The minimum Gasteiger partial charge on any atom is -0.355 e. The fourth-order valence-corrected chi connectivity index (χ4v) is 4.12. The Bertz CT molecular complexity index is 902. The van der Waals surface area contributed by atoms with Crippen LogP contribution in [-0.2, 0) is 6.18 Å². The van der Waals surface area contributed by atoms with E-state index in [0.717, 1.165) is 49.6 Å². The SMILES string of the molecule is CC1CCN(c2ccc(N3CCN(C(=O)c4ccccc4C(F)(F)F)CC3)nn2)CC1. The number of rotatable bonds is 3. The van der Waals surface area contributed by atoms with Crippen LogP contribution in [0.5, 0.6) is 0 Å². The van der Waals surface area contributed by atoms with E-state index < -0.39 is 17.6 Å². The lowest BCUT2D eigenvalue weighted by Gasteiger charge is -2.36. The normalized spacial score (nSPS) is 18.4. The van der Waals surface area contributed by atoms with Crippen molar-refractivity contribution in [1.29, 1.82) is 0 Å². The Morgan fingerprint density at radius 2 is 1.42 bits per heavy atom. The van der Waals surface area contributed by atoms with Gasteiger partial charge in [-0.1, -0.05) is 19.1 Å². The molecule has 31 heavy (non-hydrogen) atoms. The molecule has 0 unspecified atom stereocenters. The Kier molecular flexibility index (Phi) is 6.02. The number of halogens is 3. The van der Waals surface area contributed by atoms with Gasteiger partial charge in [-0.3, -0.25) is 4.79 Å². The number of alkyl halides is 3. The van der Waals surface area contributed by atoms with Crippen molar-refractivity contribution in [3.05, 3.63) is 47.5 Å². The second-order valence-electron chi connectivity index (χ2n) is 8.24. The summed E-state index contributed by atoms with van der Waals surface area (Å²) >= 11 is 0. The summed E-state index contributed by atoms with van der Waals surface area (Å²) in [7, 11) is 0. The number of carbonyl (C=O) groups is 1. The van der Waals surface area contributed by atoms with Crippen LogP contribution in [0.4, 0.5) is 24.8 Å². The zero-order chi connectivity index (χ0) is 22.0. The van der Waals surface area contributed by atoms with Gasteiger partial charge in [-0.15, -0.1) is 10.2 Å². The molecule has 2 aliphatic heterocycles. The average Bonchev–Trinajstić information content (AvgIpc) is 2.79. The highest BCUT2D eigenvalue weighted by Crippen LogP contribution is 2.32. The fraction of sp³-hybridized carbons (Fsp3) is 0.500. The number of benzene rings is 1. The summed E-state index contributed by atoms with van der Waals surface area (Å²) in [6.45, 7) is 5.88. The number of anilines is 2. The summed E-state index contributed by atoms with van der Waals surface area (Å²) in [5.74, 6) is 1.74. The highest BCUT2D eigenvalue weighted by atomic mass is 19.4. The lowest BCUT2D eigenvalue weighted by molar-refractivity contribution is -0.138. The quantitative estimate of drug-likeness (QED) is 0.739. The lowest BCUT2D eigenvalue weighted by atomic mass is 9.99. The summed E-state index contributed by atoms with van der Waals surface area (Å²) in [5.41, 5.74) is -1.19. The van der Waals surface area contributed by atoms with Gasteiger partial charge in [-0.05, 0) is 43.0 Å². The van der Waals surface area contributed by atoms with E-state index in [0.29, 0.717) is 26.2 Å².